The highest BCUT2D eigenvalue weighted by Gasteiger charge is 2.13. The predicted molar refractivity (Wildman–Crippen MR) is 73.8 cm³/mol. The largest absolute Gasteiger partial charge is 0.398 e. The fraction of sp³-hybridized carbons (Fsp3) is 0.417. The number of aromatic nitrogens is 4. The van der Waals surface area contributed by atoms with E-state index in [1.165, 1.54) is 0 Å². The van der Waals surface area contributed by atoms with Crippen molar-refractivity contribution in [3.63, 3.8) is 0 Å². The lowest BCUT2D eigenvalue weighted by Gasteiger charge is -2.09. The van der Waals surface area contributed by atoms with E-state index in [0.717, 1.165) is 5.56 Å². The standard InChI is InChI=1S/C12H16ClN5O/c1-8(2)19-7-6-18-12(15-16-17-18)9-4-3-5-10(14)11(9)13/h3-5,8H,6-7,14H2,1-2H3. The van der Waals surface area contributed by atoms with E-state index < -0.39 is 0 Å². The van der Waals surface area contributed by atoms with Crippen LogP contribution in [0.1, 0.15) is 13.8 Å². The van der Waals surface area contributed by atoms with Crippen LogP contribution in [-0.2, 0) is 11.3 Å². The first-order valence-electron chi connectivity index (χ1n) is 6.01. The van der Waals surface area contributed by atoms with Gasteiger partial charge < -0.3 is 10.5 Å². The fourth-order valence-electron chi connectivity index (χ4n) is 1.65. The predicted octanol–water partition coefficient (Wildman–Crippen LogP) is 2.00. The van der Waals surface area contributed by atoms with Gasteiger partial charge in [0.15, 0.2) is 5.82 Å². The number of nitrogens with two attached hydrogens (primary N) is 1. The Morgan fingerprint density at radius 3 is 2.95 bits per heavy atom. The summed E-state index contributed by atoms with van der Waals surface area (Å²) < 4.78 is 7.14. The number of halogens is 1. The van der Waals surface area contributed by atoms with Crippen LogP contribution in [0.4, 0.5) is 5.69 Å². The molecule has 0 aliphatic carbocycles. The summed E-state index contributed by atoms with van der Waals surface area (Å²) in [5, 5.41) is 12.1. The lowest BCUT2D eigenvalue weighted by molar-refractivity contribution is 0.0709. The van der Waals surface area contributed by atoms with Gasteiger partial charge in [0.2, 0.25) is 0 Å². The van der Waals surface area contributed by atoms with Gasteiger partial charge in [0.25, 0.3) is 0 Å². The van der Waals surface area contributed by atoms with Crippen molar-refractivity contribution in [1.82, 2.24) is 20.2 Å². The van der Waals surface area contributed by atoms with Crippen molar-refractivity contribution in [3.8, 4) is 11.4 Å². The van der Waals surface area contributed by atoms with Crippen molar-refractivity contribution in [2.24, 2.45) is 0 Å². The normalized spacial score (nSPS) is 11.2. The number of rotatable bonds is 5. The molecule has 0 amide bonds. The summed E-state index contributed by atoms with van der Waals surface area (Å²) in [5.41, 5.74) is 7.01. The third-order valence-electron chi connectivity index (χ3n) is 2.56. The minimum Gasteiger partial charge on any atom is -0.398 e. The minimum atomic E-state index is 0.177. The van der Waals surface area contributed by atoms with Gasteiger partial charge in [-0.25, -0.2) is 4.68 Å². The molecule has 2 rings (SSSR count). The molecule has 0 unspecified atom stereocenters. The third kappa shape index (κ3) is 3.21. The average molecular weight is 282 g/mol. The maximum Gasteiger partial charge on any atom is 0.183 e. The molecule has 0 fully saturated rings. The molecule has 0 aliphatic heterocycles. The summed E-state index contributed by atoms with van der Waals surface area (Å²) in [7, 11) is 0. The number of nitrogen functional groups attached to an aromatic ring is 1. The molecule has 19 heavy (non-hydrogen) atoms. The van der Waals surface area contributed by atoms with Crippen LogP contribution in [0.3, 0.4) is 0 Å². The number of ether oxygens (including phenoxy) is 1. The lowest BCUT2D eigenvalue weighted by atomic mass is 10.2. The summed E-state index contributed by atoms with van der Waals surface area (Å²) in [6, 6.07) is 5.40. The molecule has 0 saturated heterocycles. The monoisotopic (exact) mass is 281 g/mol. The van der Waals surface area contributed by atoms with Crippen LogP contribution >= 0.6 is 11.6 Å². The number of nitrogens with zero attached hydrogens (tertiary/aromatic N) is 4. The van der Waals surface area contributed by atoms with Gasteiger partial charge in [0, 0.05) is 5.56 Å². The molecule has 0 radical (unpaired) electrons. The number of hydrogen-bond acceptors (Lipinski definition) is 5. The first-order chi connectivity index (χ1) is 9.09. The van der Waals surface area contributed by atoms with Crippen LogP contribution in [0, 0.1) is 0 Å². The van der Waals surface area contributed by atoms with Gasteiger partial charge >= 0.3 is 0 Å². The highest BCUT2D eigenvalue weighted by molar-refractivity contribution is 6.35. The van der Waals surface area contributed by atoms with E-state index in [0.29, 0.717) is 29.7 Å². The van der Waals surface area contributed by atoms with Crippen LogP contribution in [0.25, 0.3) is 11.4 Å². The van der Waals surface area contributed by atoms with Crippen molar-refractivity contribution in [1.29, 1.82) is 0 Å². The van der Waals surface area contributed by atoms with E-state index in [-0.39, 0.29) is 6.10 Å². The average Bonchev–Trinajstić information content (AvgIpc) is 2.80. The first-order valence-corrected chi connectivity index (χ1v) is 6.39. The molecule has 0 aliphatic rings. The van der Waals surface area contributed by atoms with E-state index in [9.17, 15) is 0 Å². The number of anilines is 1. The SMILES string of the molecule is CC(C)OCCn1nnnc1-c1cccc(N)c1Cl. The zero-order chi connectivity index (χ0) is 13.8. The number of tetrazole rings is 1. The summed E-state index contributed by atoms with van der Waals surface area (Å²) in [6.07, 6.45) is 0.177. The van der Waals surface area contributed by atoms with Crippen molar-refractivity contribution in [2.75, 3.05) is 12.3 Å². The summed E-state index contributed by atoms with van der Waals surface area (Å²) in [6.45, 7) is 5.06. The van der Waals surface area contributed by atoms with Crippen LogP contribution < -0.4 is 5.73 Å². The van der Waals surface area contributed by atoms with Gasteiger partial charge in [0.1, 0.15) is 0 Å². The Kier molecular flexibility index (Phi) is 4.34. The second-order valence-electron chi connectivity index (χ2n) is 4.35. The second kappa shape index (κ2) is 5.99. The zero-order valence-electron chi connectivity index (χ0n) is 10.9. The quantitative estimate of drug-likeness (QED) is 0.848. The Labute approximate surface area is 116 Å². The number of hydrogen-bond donors (Lipinski definition) is 1. The van der Waals surface area contributed by atoms with Gasteiger partial charge in [-0.3, -0.25) is 0 Å². The molecule has 0 saturated carbocycles. The Morgan fingerprint density at radius 2 is 2.21 bits per heavy atom. The van der Waals surface area contributed by atoms with E-state index >= 15 is 0 Å². The molecular formula is C12H16ClN5O. The first kappa shape index (κ1) is 13.8. The summed E-state index contributed by atoms with van der Waals surface area (Å²) in [4.78, 5) is 0. The van der Waals surface area contributed by atoms with Gasteiger partial charge in [-0.2, -0.15) is 0 Å². The van der Waals surface area contributed by atoms with Crippen molar-refractivity contribution in [2.45, 2.75) is 26.5 Å². The maximum absolute atomic E-state index is 6.18. The smallest absolute Gasteiger partial charge is 0.183 e. The van der Waals surface area contributed by atoms with Gasteiger partial charge in [0.05, 0.1) is 30.0 Å². The van der Waals surface area contributed by atoms with Crippen LogP contribution in [0.15, 0.2) is 18.2 Å². The molecule has 6 nitrogen and oxygen atoms in total. The maximum atomic E-state index is 6.18. The third-order valence-corrected chi connectivity index (χ3v) is 2.98. The Morgan fingerprint density at radius 1 is 1.42 bits per heavy atom. The van der Waals surface area contributed by atoms with Gasteiger partial charge in [-0.05, 0) is 36.4 Å². The van der Waals surface area contributed by atoms with Crippen molar-refractivity contribution in [3.05, 3.63) is 23.2 Å². The summed E-state index contributed by atoms with van der Waals surface area (Å²) >= 11 is 6.18. The van der Waals surface area contributed by atoms with E-state index in [4.69, 9.17) is 22.1 Å². The van der Waals surface area contributed by atoms with Crippen LogP contribution in [-0.4, -0.2) is 32.9 Å². The van der Waals surface area contributed by atoms with Gasteiger partial charge in [-0.15, -0.1) is 5.10 Å². The molecule has 1 heterocycles. The molecule has 102 valence electrons. The van der Waals surface area contributed by atoms with E-state index in [1.54, 1.807) is 10.7 Å². The molecule has 0 spiro atoms. The van der Waals surface area contributed by atoms with Gasteiger partial charge in [-0.1, -0.05) is 17.7 Å². The van der Waals surface area contributed by atoms with Crippen molar-refractivity contribution < 1.29 is 4.74 Å². The Balaban J connectivity index is 2.21. The number of benzene rings is 1. The molecule has 1 aromatic carbocycles. The topological polar surface area (TPSA) is 78.8 Å². The fourth-order valence-corrected chi connectivity index (χ4v) is 1.86. The van der Waals surface area contributed by atoms with E-state index in [2.05, 4.69) is 15.5 Å². The molecule has 0 bridgehead atoms. The summed E-state index contributed by atoms with van der Waals surface area (Å²) in [5.74, 6) is 0.588. The zero-order valence-corrected chi connectivity index (χ0v) is 11.6. The molecule has 2 N–H and O–H groups in total. The molecule has 1 aromatic heterocycles. The van der Waals surface area contributed by atoms with Crippen LogP contribution in [0.2, 0.25) is 5.02 Å². The van der Waals surface area contributed by atoms with Crippen LogP contribution in [0.5, 0.6) is 0 Å². The Bertz CT molecular complexity index is 555. The second-order valence-corrected chi connectivity index (χ2v) is 4.73. The minimum absolute atomic E-state index is 0.177. The molecule has 2 aromatic rings. The highest BCUT2D eigenvalue weighted by atomic mass is 35.5. The highest BCUT2D eigenvalue weighted by Crippen LogP contribution is 2.30. The molecular weight excluding hydrogens is 266 g/mol. The van der Waals surface area contributed by atoms with Crippen molar-refractivity contribution >= 4 is 17.3 Å². The lowest BCUT2D eigenvalue weighted by Crippen LogP contribution is -2.12. The Hall–Kier alpha value is -1.66. The molecule has 0 atom stereocenters. The molecule has 7 heteroatoms. The van der Waals surface area contributed by atoms with E-state index in [1.807, 2.05) is 26.0 Å².